The maximum Gasteiger partial charge on any atom is 0.258 e. The van der Waals surface area contributed by atoms with Crippen LogP contribution in [0.4, 0.5) is 11.4 Å². The fraction of sp³-hybridized carbons (Fsp3) is 0.318. The second kappa shape index (κ2) is 8.80. The zero-order chi connectivity index (χ0) is 20.1. The van der Waals surface area contributed by atoms with Gasteiger partial charge in [0.15, 0.2) is 11.5 Å². The van der Waals surface area contributed by atoms with Crippen molar-refractivity contribution in [2.24, 2.45) is 0 Å². The molecule has 148 valence electrons. The molecule has 1 heterocycles. The first kappa shape index (κ1) is 19.8. The van der Waals surface area contributed by atoms with Gasteiger partial charge in [-0.1, -0.05) is 26.0 Å². The molecule has 6 nitrogen and oxygen atoms in total. The number of rotatable bonds is 8. The number of nitrogens with one attached hydrogen (secondary N) is 3. The van der Waals surface area contributed by atoms with Crippen molar-refractivity contribution in [2.75, 3.05) is 31.4 Å². The van der Waals surface area contributed by atoms with E-state index in [0.717, 1.165) is 35.7 Å². The quantitative estimate of drug-likeness (QED) is 0.603. The summed E-state index contributed by atoms with van der Waals surface area (Å²) in [4.78, 5) is 12.7. The van der Waals surface area contributed by atoms with Crippen molar-refractivity contribution in [3.8, 4) is 11.5 Å². The summed E-state index contributed by atoms with van der Waals surface area (Å²) in [5, 5.41) is 9.66. The highest BCUT2D eigenvalue weighted by Crippen LogP contribution is 2.42. The number of carbonyl (C=O) groups excluding carboxylic acids is 1. The summed E-state index contributed by atoms with van der Waals surface area (Å²) in [7, 11) is 3.17. The van der Waals surface area contributed by atoms with Crippen LogP contribution in [0.3, 0.4) is 0 Å². The molecule has 0 aromatic heterocycles. The van der Waals surface area contributed by atoms with Gasteiger partial charge in [0.1, 0.15) is 0 Å². The summed E-state index contributed by atoms with van der Waals surface area (Å²) in [6.45, 7) is 5.90. The predicted molar refractivity (Wildman–Crippen MR) is 113 cm³/mol. The van der Waals surface area contributed by atoms with Crippen molar-refractivity contribution in [1.82, 2.24) is 5.32 Å². The number of anilines is 2. The van der Waals surface area contributed by atoms with Crippen LogP contribution in [0.25, 0.3) is 5.57 Å². The Kier molecular flexibility index (Phi) is 6.21. The fourth-order valence-corrected chi connectivity index (χ4v) is 3.27. The van der Waals surface area contributed by atoms with E-state index in [9.17, 15) is 4.79 Å². The average molecular weight is 381 g/mol. The van der Waals surface area contributed by atoms with Crippen LogP contribution in [-0.4, -0.2) is 26.7 Å². The molecule has 0 saturated carbocycles. The standard InChI is InChI=1S/C22H27N3O3/c1-5-17(24-15-9-7-14(8-10-15)13-23-6-2)21-16-11-19(27-3)20(28-4)12-18(16)25-22(21)26/h7-12,23-24H,5-6,13H2,1-4H3,(H,25,26)/b21-17-. The van der Waals surface area contributed by atoms with Crippen LogP contribution in [0.2, 0.25) is 0 Å². The van der Waals surface area contributed by atoms with Crippen LogP contribution in [-0.2, 0) is 11.3 Å². The maximum atomic E-state index is 12.7. The number of hydrogen-bond acceptors (Lipinski definition) is 5. The van der Waals surface area contributed by atoms with E-state index >= 15 is 0 Å². The van der Waals surface area contributed by atoms with E-state index in [4.69, 9.17) is 9.47 Å². The SMILES string of the molecule is CCNCc1ccc(N/C(CC)=C2\C(=O)Nc3cc(OC)c(OC)cc32)cc1. The summed E-state index contributed by atoms with van der Waals surface area (Å²) in [6, 6.07) is 11.9. The third kappa shape index (κ3) is 3.97. The van der Waals surface area contributed by atoms with Gasteiger partial charge in [-0.05, 0) is 36.7 Å². The van der Waals surface area contributed by atoms with Gasteiger partial charge in [-0.15, -0.1) is 0 Å². The first-order chi connectivity index (χ1) is 13.6. The number of carbonyl (C=O) groups is 1. The second-order valence-electron chi connectivity index (χ2n) is 6.52. The smallest absolute Gasteiger partial charge is 0.258 e. The van der Waals surface area contributed by atoms with E-state index in [1.165, 1.54) is 5.56 Å². The van der Waals surface area contributed by atoms with Gasteiger partial charge in [0, 0.05) is 29.6 Å². The highest BCUT2D eigenvalue weighted by atomic mass is 16.5. The van der Waals surface area contributed by atoms with Gasteiger partial charge in [-0.3, -0.25) is 4.79 Å². The Labute approximate surface area is 165 Å². The van der Waals surface area contributed by atoms with Crippen LogP contribution >= 0.6 is 0 Å². The molecule has 3 rings (SSSR count). The third-order valence-corrected chi connectivity index (χ3v) is 4.75. The predicted octanol–water partition coefficient (Wildman–Crippen LogP) is 4.00. The van der Waals surface area contributed by atoms with Gasteiger partial charge in [0.05, 0.1) is 25.5 Å². The first-order valence-electron chi connectivity index (χ1n) is 9.48. The molecule has 0 aliphatic carbocycles. The topological polar surface area (TPSA) is 71.6 Å². The Morgan fingerprint density at radius 1 is 1.04 bits per heavy atom. The molecule has 0 saturated heterocycles. The molecular formula is C22H27N3O3. The van der Waals surface area contributed by atoms with Crippen LogP contribution in [0, 0.1) is 0 Å². The van der Waals surface area contributed by atoms with Gasteiger partial charge in [-0.2, -0.15) is 0 Å². The largest absolute Gasteiger partial charge is 0.493 e. The van der Waals surface area contributed by atoms with E-state index < -0.39 is 0 Å². The minimum atomic E-state index is -0.126. The zero-order valence-corrected chi connectivity index (χ0v) is 16.8. The molecule has 6 heteroatoms. The van der Waals surface area contributed by atoms with E-state index in [1.54, 1.807) is 20.3 Å². The average Bonchev–Trinajstić information content (AvgIpc) is 3.04. The summed E-state index contributed by atoms with van der Waals surface area (Å²) in [5.41, 5.74) is 5.21. The van der Waals surface area contributed by atoms with E-state index in [2.05, 4.69) is 35.0 Å². The fourth-order valence-electron chi connectivity index (χ4n) is 3.27. The van der Waals surface area contributed by atoms with Gasteiger partial charge < -0.3 is 25.4 Å². The van der Waals surface area contributed by atoms with Gasteiger partial charge in [-0.25, -0.2) is 0 Å². The molecule has 0 unspecified atom stereocenters. The Balaban J connectivity index is 1.94. The number of fused-ring (bicyclic) bond motifs is 1. The summed E-state index contributed by atoms with van der Waals surface area (Å²) in [6.07, 6.45) is 0.690. The Morgan fingerprint density at radius 3 is 2.32 bits per heavy atom. The van der Waals surface area contributed by atoms with Crippen LogP contribution in [0.1, 0.15) is 31.4 Å². The van der Waals surface area contributed by atoms with Crippen molar-refractivity contribution in [2.45, 2.75) is 26.8 Å². The maximum absolute atomic E-state index is 12.7. The Hall–Kier alpha value is -2.99. The van der Waals surface area contributed by atoms with Crippen molar-refractivity contribution in [3.63, 3.8) is 0 Å². The van der Waals surface area contributed by atoms with E-state index in [1.807, 2.05) is 25.1 Å². The lowest BCUT2D eigenvalue weighted by Crippen LogP contribution is -2.12. The van der Waals surface area contributed by atoms with Crippen molar-refractivity contribution >= 4 is 22.9 Å². The first-order valence-corrected chi connectivity index (χ1v) is 9.48. The van der Waals surface area contributed by atoms with E-state index in [-0.39, 0.29) is 5.91 Å². The highest BCUT2D eigenvalue weighted by molar-refractivity contribution is 6.32. The van der Waals surface area contributed by atoms with E-state index in [0.29, 0.717) is 23.5 Å². The third-order valence-electron chi connectivity index (χ3n) is 4.75. The second-order valence-corrected chi connectivity index (χ2v) is 6.52. The molecule has 0 radical (unpaired) electrons. The monoisotopic (exact) mass is 381 g/mol. The minimum Gasteiger partial charge on any atom is -0.493 e. The minimum absolute atomic E-state index is 0.126. The number of methoxy groups -OCH3 is 2. The molecule has 1 aliphatic rings. The highest BCUT2D eigenvalue weighted by Gasteiger charge is 2.29. The summed E-state index contributed by atoms with van der Waals surface area (Å²) in [5.74, 6) is 1.06. The number of benzene rings is 2. The van der Waals surface area contributed by atoms with Crippen molar-refractivity contribution in [3.05, 3.63) is 53.2 Å². The number of allylic oxidation sites excluding steroid dienone is 1. The Morgan fingerprint density at radius 2 is 1.71 bits per heavy atom. The lowest BCUT2D eigenvalue weighted by Gasteiger charge is -2.14. The zero-order valence-electron chi connectivity index (χ0n) is 16.8. The number of amides is 1. The molecule has 0 bridgehead atoms. The molecule has 1 amide bonds. The van der Waals surface area contributed by atoms with Crippen LogP contribution < -0.4 is 25.4 Å². The molecule has 1 aliphatic heterocycles. The van der Waals surface area contributed by atoms with Crippen molar-refractivity contribution in [1.29, 1.82) is 0 Å². The molecule has 2 aromatic rings. The van der Waals surface area contributed by atoms with Crippen LogP contribution in [0.5, 0.6) is 11.5 Å². The molecular weight excluding hydrogens is 354 g/mol. The lowest BCUT2D eigenvalue weighted by atomic mass is 10.0. The molecule has 2 aromatic carbocycles. The molecule has 0 atom stereocenters. The van der Waals surface area contributed by atoms with Gasteiger partial charge in [0.2, 0.25) is 0 Å². The van der Waals surface area contributed by atoms with Crippen molar-refractivity contribution < 1.29 is 14.3 Å². The van der Waals surface area contributed by atoms with Crippen LogP contribution in [0.15, 0.2) is 42.1 Å². The normalized spacial score (nSPS) is 14.4. The molecule has 0 spiro atoms. The molecule has 0 fully saturated rings. The number of hydrogen-bond donors (Lipinski definition) is 3. The molecule has 3 N–H and O–H groups in total. The Bertz CT molecular complexity index is 889. The summed E-state index contributed by atoms with van der Waals surface area (Å²) < 4.78 is 10.7. The number of ether oxygens (including phenoxy) is 2. The lowest BCUT2D eigenvalue weighted by molar-refractivity contribution is -0.110. The summed E-state index contributed by atoms with van der Waals surface area (Å²) >= 11 is 0. The van der Waals surface area contributed by atoms with Gasteiger partial charge in [0.25, 0.3) is 5.91 Å². The molecule has 28 heavy (non-hydrogen) atoms. The van der Waals surface area contributed by atoms with Gasteiger partial charge >= 0.3 is 0 Å².